The lowest BCUT2D eigenvalue weighted by Crippen LogP contribution is -2.09. The molecule has 0 aromatic heterocycles. The van der Waals surface area contributed by atoms with Crippen LogP contribution < -0.4 is 0 Å². The van der Waals surface area contributed by atoms with Crippen LogP contribution in [0.4, 0.5) is 0 Å². The summed E-state index contributed by atoms with van der Waals surface area (Å²) >= 11 is 0. The fourth-order valence-electron chi connectivity index (χ4n) is 1.37. The highest BCUT2D eigenvalue weighted by Crippen LogP contribution is 2.11. The summed E-state index contributed by atoms with van der Waals surface area (Å²) in [5.41, 5.74) is 0.564. The van der Waals surface area contributed by atoms with Crippen molar-refractivity contribution in [3.8, 4) is 0 Å². The van der Waals surface area contributed by atoms with Crippen LogP contribution in [0.5, 0.6) is 0 Å². The zero-order valence-electron chi connectivity index (χ0n) is 11.0. The van der Waals surface area contributed by atoms with Gasteiger partial charge < -0.3 is 9.47 Å². The number of esters is 2. The number of allylic oxidation sites excluding steroid dienone is 1. The zero-order valence-corrected chi connectivity index (χ0v) is 11.0. The highest BCUT2D eigenvalue weighted by molar-refractivity contribution is 5.89. The molecule has 98 valence electrons. The quantitative estimate of drug-likeness (QED) is 0.373. The fraction of sp³-hybridized carbons (Fsp3) is 0.692. The molecule has 0 aliphatic carbocycles. The van der Waals surface area contributed by atoms with Gasteiger partial charge in [0, 0.05) is 12.0 Å². The number of carbonyl (C=O) groups is 2. The number of rotatable bonds is 8. The number of ether oxygens (including phenoxy) is 2. The van der Waals surface area contributed by atoms with Crippen LogP contribution in [0.1, 0.15) is 46.0 Å². The first-order chi connectivity index (χ1) is 8.15. The van der Waals surface area contributed by atoms with Crippen molar-refractivity contribution in [2.75, 3.05) is 13.7 Å². The topological polar surface area (TPSA) is 52.6 Å². The highest BCUT2D eigenvalue weighted by Gasteiger charge is 2.11. The largest absolute Gasteiger partial charge is 0.466 e. The lowest BCUT2D eigenvalue weighted by atomic mass is 10.1. The molecule has 0 aliphatic heterocycles. The van der Waals surface area contributed by atoms with Gasteiger partial charge in [0.25, 0.3) is 0 Å². The molecule has 0 atom stereocenters. The lowest BCUT2D eigenvalue weighted by Gasteiger charge is -2.05. The number of hydrogen-bond acceptors (Lipinski definition) is 4. The summed E-state index contributed by atoms with van der Waals surface area (Å²) in [5.74, 6) is -0.636. The van der Waals surface area contributed by atoms with Gasteiger partial charge in [-0.1, -0.05) is 25.8 Å². The molecule has 0 aromatic carbocycles. The van der Waals surface area contributed by atoms with E-state index in [1.54, 1.807) is 6.92 Å². The summed E-state index contributed by atoms with van der Waals surface area (Å²) in [6, 6.07) is 0. The smallest absolute Gasteiger partial charge is 0.333 e. The minimum Gasteiger partial charge on any atom is -0.466 e. The molecule has 4 heteroatoms. The van der Waals surface area contributed by atoms with Crippen LogP contribution in [0.3, 0.4) is 0 Å². The second-order valence-corrected chi connectivity index (χ2v) is 3.67. The molecule has 17 heavy (non-hydrogen) atoms. The maximum atomic E-state index is 11.4. The van der Waals surface area contributed by atoms with Crippen LogP contribution in [0.15, 0.2) is 11.6 Å². The van der Waals surface area contributed by atoms with E-state index in [0.717, 1.165) is 19.3 Å². The van der Waals surface area contributed by atoms with Crippen LogP contribution >= 0.6 is 0 Å². The predicted molar refractivity (Wildman–Crippen MR) is 65.5 cm³/mol. The van der Waals surface area contributed by atoms with Crippen molar-refractivity contribution < 1.29 is 19.1 Å². The van der Waals surface area contributed by atoms with Crippen LogP contribution in [0.25, 0.3) is 0 Å². The van der Waals surface area contributed by atoms with Crippen molar-refractivity contribution in [2.24, 2.45) is 0 Å². The average molecular weight is 242 g/mol. The van der Waals surface area contributed by atoms with Gasteiger partial charge in [-0.15, -0.1) is 0 Å². The van der Waals surface area contributed by atoms with E-state index in [1.807, 2.05) is 6.08 Å². The molecular weight excluding hydrogens is 220 g/mol. The lowest BCUT2D eigenvalue weighted by molar-refractivity contribution is -0.143. The van der Waals surface area contributed by atoms with Crippen LogP contribution in [-0.4, -0.2) is 25.7 Å². The molecule has 0 heterocycles. The van der Waals surface area contributed by atoms with Crippen LogP contribution in [0.2, 0.25) is 0 Å². The molecule has 0 N–H and O–H groups in total. The molecule has 0 amide bonds. The van der Waals surface area contributed by atoms with Gasteiger partial charge in [0.15, 0.2) is 0 Å². The van der Waals surface area contributed by atoms with Crippen molar-refractivity contribution in [3.63, 3.8) is 0 Å². The number of hydrogen-bond donors (Lipinski definition) is 0. The first-order valence-electron chi connectivity index (χ1n) is 6.08. The molecule has 0 spiro atoms. The summed E-state index contributed by atoms with van der Waals surface area (Å²) in [4.78, 5) is 22.6. The Morgan fingerprint density at radius 1 is 1.18 bits per heavy atom. The van der Waals surface area contributed by atoms with Gasteiger partial charge in [-0.25, -0.2) is 4.79 Å². The van der Waals surface area contributed by atoms with Gasteiger partial charge in [-0.2, -0.15) is 0 Å². The Labute approximate surface area is 103 Å². The van der Waals surface area contributed by atoms with Gasteiger partial charge in [0.1, 0.15) is 0 Å². The molecule has 0 unspecified atom stereocenters. The van der Waals surface area contributed by atoms with E-state index in [-0.39, 0.29) is 18.4 Å². The van der Waals surface area contributed by atoms with Gasteiger partial charge in [0.05, 0.1) is 13.7 Å². The molecule has 0 saturated carbocycles. The molecule has 0 aliphatic rings. The Morgan fingerprint density at radius 2 is 1.88 bits per heavy atom. The first kappa shape index (κ1) is 15.7. The minimum absolute atomic E-state index is 0.223. The van der Waals surface area contributed by atoms with E-state index in [4.69, 9.17) is 4.74 Å². The second-order valence-electron chi connectivity index (χ2n) is 3.67. The molecule has 0 fully saturated rings. The molecule has 0 radical (unpaired) electrons. The third-order valence-corrected chi connectivity index (χ3v) is 2.30. The summed E-state index contributed by atoms with van der Waals surface area (Å²) in [6.45, 7) is 4.21. The minimum atomic E-state index is -0.356. The van der Waals surface area contributed by atoms with Gasteiger partial charge in [0.2, 0.25) is 0 Å². The van der Waals surface area contributed by atoms with Crippen molar-refractivity contribution in [1.29, 1.82) is 0 Å². The standard InChI is InChI=1S/C13H22O4/c1-4-6-7-8-11(13(15)16-3)9-10-12(14)17-5-2/h8H,4-7,9-10H2,1-3H3/b11-8-. The average Bonchev–Trinajstić information content (AvgIpc) is 2.33. The Balaban J connectivity index is 4.24. The molecular formula is C13H22O4. The van der Waals surface area contributed by atoms with Gasteiger partial charge >= 0.3 is 11.9 Å². The molecule has 0 saturated heterocycles. The Kier molecular flexibility index (Phi) is 9.11. The van der Waals surface area contributed by atoms with Gasteiger partial charge in [-0.05, 0) is 19.8 Å². The third-order valence-electron chi connectivity index (χ3n) is 2.30. The van der Waals surface area contributed by atoms with Crippen LogP contribution in [0, 0.1) is 0 Å². The zero-order chi connectivity index (χ0) is 13.1. The SMILES string of the molecule is CCCC/C=C(/CCC(=O)OCC)C(=O)OC. The maximum absolute atomic E-state index is 11.4. The number of carbonyl (C=O) groups excluding carboxylic acids is 2. The van der Waals surface area contributed by atoms with E-state index in [0.29, 0.717) is 18.6 Å². The third kappa shape index (κ3) is 7.55. The maximum Gasteiger partial charge on any atom is 0.333 e. The van der Waals surface area contributed by atoms with E-state index >= 15 is 0 Å². The summed E-state index contributed by atoms with van der Waals surface area (Å²) in [6.07, 6.45) is 5.40. The Bertz CT molecular complexity index is 269. The molecule has 4 nitrogen and oxygen atoms in total. The molecule has 0 bridgehead atoms. The van der Waals surface area contributed by atoms with E-state index in [9.17, 15) is 9.59 Å². The fourth-order valence-corrected chi connectivity index (χ4v) is 1.37. The highest BCUT2D eigenvalue weighted by atomic mass is 16.5. The number of unbranched alkanes of at least 4 members (excludes halogenated alkanes) is 2. The van der Waals surface area contributed by atoms with E-state index < -0.39 is 0 Å². The summed E-state index contributed by atoms with van der Waals surface area (Å²) < 4.78 is 9.49. The monoisotopic (exact) mass is 242 g/mol. The van der Waals surface area contributed by atoms with Crippen molar-refractivity contribution in [2.45, 2.75) is 46.0 Å². The normalized spacial score (nSPS) is 11.1. The second kappa shape index (κ2) is 9.87. The van der Waals surface area contributed by atoms with E-state index in [1.165, 1.54) is 7.11 Å². The number of methoxy groups -OCH3 is 1. The molecule has 0 aromatic rings. The molecule has 0 rings (SSSR count). The summed E-state index contributed by atoms with van der Waals surface area (Å²) in [5, 5.41) is 0. The summed E-state index contributed by atoms with van der Waals surface area (Å²) in [7, 11) is 1.35. The first-order valence-corrected chi connectivity index (χ1v) is 6.08. The Hall–Kier alpha value is -1.32. The van der Waals surface area contributed by atoms with Crippen molar-refractivity contribution >= 4 is 11.9 Å². The van der Waals surface area contributed by atoms with Crippen molar-refractivity contribution in [3.05, 3.63) is 11.6 Å². The van der Waals surface area contributed by atoms with Gasteiger partial charge in [-0.3, -0.25) is 4.79 Å². The van der Waals surface area contributed by atoms with Crippen LogP contribution in [-0.2, 0) is 19.1 Å². The Morgan fingerprint density at radius 3 is 2.41 bits per heavy atom. The predicted octanol–water partition coefficient (Wildman–Crippen LogP) is 2.62. The van der Waals surface area contributed by atoms with Crippen molar-refractivity contribution in [1.82, 2.24) is 0 Å². The van der Waals surface area contributed by atoms with E-state index in [2.05, 4.69) is 11.7 Å².